The Balaban J connectivity index is 1.65. The van der Waals surface area contributed by atoms with Gasteiger partial charge in [-0.3, -0.25) is 0 Å². The number of pyridine rings is 1. The van der Waals surface area contributed by atoms with Gasteiger partial charge in [0.25, 0.3) is 0 Å². The van der Waals surface area contributed by atoms with E-state index >= 15 is 0 Å². The maximum atomic E-state index is 13.7. The monoisotopic (exact) mass is 392 g/mol. The lowest BCUT2D eigenvalue weighted by Gasteiger charge is -2.39. The third kappa shape index (κ3) is 3.39. The van der Waals surface area contributed by atoms with Crippen LogP contribution in [0.25, 0.3) is 11.3 Å². The number of halogens is 2. The molecular weight excluding hydrogens is 371 g/mol. The molecule has 0 unspecified atom stereocenters. The van der Waals surface area contributed by atoms with Crippen LogP contribution in [0.5, 0.6) is 0 Å². The van der Waals surface area contributed by atoms with Crippen molar-refractivity contribution in [3.63, 3.8) is 0 Å². The Bertz CT molecular complexity index is 848. The van der Waals surface area contributed by atoms with Crippen molar-refractivity contribution in [2.24, 2.45) is 0 Å². The standard InChI is InChI=1S/C19H22ClFN4O2/c1-12-16(13-3-7-22-17(21)15(13)20)24-14(11-26)18(23-12)25-8-5-19(6-9-25)4-2-10-27-19/h3,7,26H,2,4-6,8-11H2,1H3. The summed E-state index contributed by atoms with van der Waals surface area (Å²) in [7, 11) is 0. The van der Waals surface area contributed by atoms with Crippen molar-refractivity contribution in [2.45, 2.75) is 44.8 Å². The van der Waals surface area contributed by atoms with E-state index < -0.39 is 5.95 Å². The summed E-state index contributed by atoms with van der Waals surface area (Å²) in [6.45, 7) is 4.03. The molecule has 2 aliphatic rings. The van der Waals surface area contributed by atoms with Crippen LogP contribution in [0.4, 0.5) is 10.2 Å². The van der Waals surface area contributed by atoms with Crippen LogP contribution in [0.1, 0.15) is 37.1 Å². The van der Waals surface area contributed by atoms with Gasteiger partial charge in [0, 0.05) is 31.5 Å². The lowest BCUT2D eigenvalue weighted by molar-refractivity contribution is -0.0147. The molecule has 1 N–H and O–H groups in total. The van der Waals surface area contributed by atoms with Crippen molar-refractivity contribution < 1.29 is 14.2 Å². The van der Waals surface area contributed by atoms with Crippen molar-refractivity contribution in [1.82, 2.24) is 15.0 Å². The van der Waals surface area contributed by atoms with Crippen LogP contribution < -0.4 is 4.90 Å². The molecule has 2 aromatic heterocycles. The molecule has 0 saturated carbocycles. The predicted molar refractivity (Wildman–Crippen MR) is 100 cm³/mol. The topological polar surface area (TPSA) is 71.4 Å². The number of anilines is 1. The molecule has 0 aliphatic carbocycles. The van der Waals surface area contributed by atoms with E-state index in [4.69, 9.17) is 21.3 Å². The maximum absolute atomic E-state index is 13.7. The minimum Gasteiger partial charge on any atom is -0.390 e. The summed E-state index contributed by atoms with van der Waals surface area (Å²) in [6, 6.07) is 1.60. The fourth-order valence-corrected chi connectivity index (χ4v) is 4.23. The molecule has 0 aromatic carbocycles. The van der Waals surface area contributed by atoms with Crippen molar-refractivity contribution in [1.29, 1.82) is 0 Å². The first-order valence-corrected chi connectivity index (χ1v) is 9.58. The van der Waals surface area contributed by atoms with E-state index in [1.165, 1.54) is 6.20 Å². The highest BCUT2D eigenvalue weighted by Gasteiger charge is 2.39. The number of aryl methyl sites for hydroxylation is 1. The van der Waals surface area contributed by atoms with E-state index in [1.807, 2.05) is 6.92 Å². The Kier molecular flexibility index (Phi) is 5.01. The molecule has 4 rings (SSSR count). The molecule has 0 amide bonds. The normalized spacial score (nSPS) is 19.0. The molecule has 0 radical (unpaired) electrons. The zero-order valence-electron chi connectivity index (χ0n) is 15.2. The third-order valence-corrected chi connectivity index (χ3v) is 5.89. The molecule has 1 spiro atoms. The largest absolute Gasteiger partial charge is 0.390 e. The molecule has 2 fully saturated rings. The van der Waals surface area contributed by atoms with Gasteiger partial charge in [0.05, 0.1) is 23.6 Å². The average Bonchev–Trinajstić information content (AvgIpc) is 3.13. The molecule has 0 bridgehead atoms. The summed E-state index contributed by atoms with van der Waals surface area (Å²) in [6.07, 6.45) is 5.47. The predicted octanol–water partition coefficient (Wildman–Crippen LogP) is 3.28. The molecule has 8 heteroatoms. The number of aromatic nitrogens is 3. The Morgan fingerprint density at radius 3 is 2.74 bits per heavy atom. The van der Waals surface area contributed by atoms with Gasteiger partial charge in [-0.15, -0.1) is 0 Å². The van der Waals surface area contributed by atoms with Gasteiger partial charge in [0.1, 0.15) is 10.7 Å². The Hall–Kier alpha value is -1.83. The minimum absolute atomic E-state index is 0.0143. The SMILES string of the molecule is Cc1nc(N2CCC3(CCCO3)CC2)c(CO)nc1-c1ccnc(F)c1Cl. The van der Waals surface area contributed by atoms with Crippen LogP contribution in [0.15, 0.2) is 12.3 Å². The van der Waals surface area contributed by atoms with Gasteiger partial charge in [-0.2, -0.15) is 4.39 Å². The zero-order chi connectivity index (χ0) is 19.0. The summed E-state index contributed by atoms with van der Waals surface area (Å²) in [5, 5.41) is 9.77. The van der Waals surface area contributed by atoms with Gasteiger partial charge >= 0.3 is 0 Å². The maximum Gasteiger partial charge on any atom is 0.232 e. The lowest BCUT2D eigenvalue weighted by Crippen LogP contribution is -2.44. The molecule has 6 nitrogen and oxygen atoms in total. The highest BCUT2D eigenvalue weighted by atomic mass is 35.5. The molecule has 2 aliphatic heterocycles. The molecule has 2 aromatic rings. The third-order valence-electron chi connectivity index (χ3n) is 5.53. The van der Waals surface area contributed by atoms with E-state index in [0.29, 0.717) is 28.5 Å². The molecule has 0 atom stereocenters. The van der Waals surface area contributed by atoms with Crippen LogP contribution in [-0.4, -0.2) is 45.4 Å². The Labute approximate surface area is 162 Å². The van der Waals surface area contributed by atoms with Crippen molar-refractivity contribution in [3.8, 4) is 11.3 Å². The quantitative estimate of drug-likeness (QED) is 0.808. The van der Waals surface area contributed by atoms with Crippen molar-refractivity contribution in [2.75, 3.05) is 24.6 Å². The van der Waals surface area contributed by atoms with Crippen LogP contribution in [0.2, 0.25) is 5.02 Å². The number of hydrogen-bond acceptors (Lipinski definition) is 6. The number of ether oxygens (including phenoxy) is 1. The number of piperidine rings is 1. The number of rotatable bonds is 3. The first-order chi connectivity index (χ1) is 13.0. The number of aliphatic hydroxyl groups excluding tert-OH is 1. The van der Waals surface area contributed by atoms with E-state index in [-0.39, 0.29) is 17.2 Å². The van der Waals surface area contributed by atoms with E-state index in [0.717, 1.165) is 45.4 Å². The molecular formula is C19H22ClFN4O2. The minimum atomic E-state index is -0.747. The summed E-state index contributed by atoms with van der Waals surface area (Å²) >= 11 is 6.06. The number of hydrogen-bond donors (Lipinski definition) is 1. The Morgan fingerprint density at radius 2 is 2.07 bits per heavy atom. The second-order valence-electron chi connectivity index (χ2n) is 7.17. The molecule has 2 saturated heterocycles. The first kappa shape index (κ1) is 18.5. The fourth-order valence-electron chi connectivity index (χ4n) is 4.03. The van der Waals surface area contributed by atoms with E-state index in [2.05, 4.69) is 14.9 Å². The summed E-state index contributed by atoms with van der Waals surface area (Å²) in [4.78, 5) is 15.0. The van der Waals surface area contributed by atoms with Gasteiger partial charge in [-0.05, 0) is 38.7 Å². The number of aliphatic hydroxyl groups is 1. The van der Waals surface area contributed by atoms with Crippen LogP contribution >= 0.6 is 11.6 Å². The zero-order valence-corrected chi connectivity index (χ0v) is 16.0. The van der Waals surface area contributed by atoms with Crippen molar-refractivity contribution in [3.05, 3.63) is 34.6 Å². The first-order valence-electron chi connectivity index (χ1n) is 9.21. The lowest BCUT2D eigenvalue weighted by atomic mass is 9.88. The Morgan fingerprint density at radius 1 is 1.30 bits per heavy atom. The average molecular weight is 393 g/mol. The van der Waals surface area contributed by atoms with Crippen LogP contribution in [0, 0.1) is 12.9 Å². The van der Waals surface area contributed by atoms with Gasteiger partial charge in [-0.1, -0.05) is 11.6 Å². The van der Waals surface area contributed by atoms with Gasteiger partial charge in [0.2, 0.25) is 5.95 Å². The summed E-state index contributed by atoms with van der Waals surface area (Å²) in [5.74, 6) is -0.0693. The van der Waals surface area contributed by atoms with Crippen LogP contribution in [-0.2, 0) is 11.3 Å². The molecule has 144 valence electrons. The van der Waals surface area contributed by atoms with Crippen LogP contribution in [0.3, 0.4) is 0 Å². The highest BCUT2D eigenvalue weighted by molar-refractivity contribution is 6.33. The van der Waals surface area contributed by atoms with Gasteiger partial charge in [0.15, 0.2) is 5.82 Å². The van der Waals surface area contributed by atoms with Crippen molar-refractivity contribution >= 4 is 17.4 Å². The number of nitrogens with zero attached hydrogens (tertiary/aromatic N) is 4. The second-order valence-corrected chi connectivity index (χ2v) is 7.55. The fraction of sp³-hybridized carbons (Fsp3) is 0.526. The highest BCUT2D eigenvalue weighted by Crippen LogP contribution is 2.38. The van der Waals surface area contributed by atoms with E-state index in [9.17, 15) is 9.50 Å². The van der Waals surface area contributed by atoms with E-state index in [1.54, 1.807) is 6.07 Å². The second kappa shape index (κ2) is 7.30. The summed E-state index contributed by atoms with van der Waals surface area (Å²) in [5.41, 5.74) is 1.99. The van der Waals surface area contributed by atoms with Gasteiger partial charge < -0.3 is 14.7 Å². The molecule has 27 heavy (non-hydrogen) atoms. The smallest absolute Gasteiger partial charge is 0.232 e. The molecule has 4 heterocycles. The van der Waals surface area contributed by atoms with Gasteiger partial charge in [-0.25, -0.2) is 15.0 Å². The summed E-state index contributed by atoms with van der Waals surface area (Å²) < 4.78 is 19.7.